The summed E-state index contributed by atoms with van der Waals surface area (Å²) in [5.74, 6) is -0.115. The smallest absolute Gasteiger partial charge is 0.330 e. The highest BCUT2D eigenvalue weighted by atomic mass is 16.5. The lowest BCUT2D eigenvalue weighted by atomic mass is 10.0. The molecule has 0 fully saturated rings. The summed E-state index contributed by atoms with van der Waals surface area (Å²) in [6.45, 7) is 5.62. The summed E-state index contributed by atoms with van der Waals surface area (Å²) >= 11 is 0. The molecule has 0 aliphatic carbocycles. The van der Waals surface area contributed by atoms with Crippen LogP contribution in [0.4, 0.5) is 0 Å². The lowest BCUT2D eigenvalue weighted by Gasteiger charge is -2.20. The molecule has 1 unspecified atom stereocenters. The number of aliphatic carboxylic acids is 1. The standard InChI is InChI=1S/C20H22O3/c1-3-17(14-13-15(2)20(21)22)23-19-12-8-7-11-18(19)16-9-5-4-6-10-16/h4-12,17H,2-3,13-14H2,1H3,(H,21,22). The Balaban J connectivity index is 2.12. The maximum absolute atomic E-state index is 10.9. The Bertz CT molecular complexity index is 662. The SMILES string of the molecule is C=C(CCC(CC)Oc1ccccc1-c1ccccc1)C(=O)O. The fourth-order valence-corrected chi connectivity index (χ4v) is 2.39. The maximum atomic E-state index is 10.9. The second-order valence-corrected chi connectivity index (χ2v) is 5.46. The fourth-order valence-electron chi connectivity index (χ4n) is 2.39. The average Bonchev–Trinajstić information content (AvgIpc) is 2.59. The Morgan fingerprint density at radius 1 is 1.13 bits per heavy atom. The second-order valence-electron chi connectivity index (χ2n) is 5.46. The van der Waals surface area contributed by atoms with Gasteiger partial charge < -0.3 is 9.84 Å². The van der Waals surface area contributed by atoms with Crippen molar-refractivity contribution in [1.82, 2.24) is 0 Å². The van der Waals surface area contributed by atoms with Gasteiger partial charge >= 0.3 is 5.97 Å². The van der Waals surface area contributed by atoms with E-state index in [2.05, 4.69) is 18.7 Å². The van der Waals surface area contributed by atoms with Crippen molar-refractivity contribution in [3.05, 3.63) is 66.7 Å². The minimum absolute atomic E-state index is 0.0315. The van der Waals surface area contributed by atoms with Gasteiger partial charge in [0.05, 0.1) is 6.10 Å². The van der Waals surface area contributed by atoms with Gasteiger partial charge in [-0.15, -0.1) is 0 Å². The third-order valence-corrected chi connectivity index (χ3v) is 3.79. The van der Waals surface area contributed by atoms with Gasteiger partial charge in [-0.3, -0.25) is 0 Å². The van der Waals surface area contributed by atoms with Gasteiger partial charge in [-0.25, -0.2) is 4.79 Å². The van der Waals surface area contributed by atoms with Crippen LogP contribution in [-0.2, 0) is 4.79 Å². The summed E-state index contributed by atoms with van der Waals surface area (Å²) < 4.78 is 6.15. The predicted octanol–water partition coefficient (Wildman–Crippen LogP) is 4.93. The van der Waals surface area contributed by atoms with Crippen LogP contribution in [0.3, 0.4) is 0 Å². The molecule has 2 aromatic rings. The number of rotatable bonds is 8. The first-order chi connectivity index (χ1) is 11.1. The van der Waals surface area contributed by atoms with Crippen molar-refractivity contribution in [2.45, 2.75) is 32.3 Å². The van der Waals surface area contributed by atoms with Crippen molar-refractivity contribution in [3.63, 3.8) is 0 Å². The third kappa shape index (κ3) is 4.71. The molecule has 0 aliphatic heterocycles. The number of carbonyl (C=O) groups is 1. The van der Waals surface area contributed by atoms with Crippen LogP contribution in [0.1, 0.15) is 26.2 Å². The number of benzene rings is 2. The monoisotopic (exact) mass is 310 g/mol. The second kappa shape index (κ2) is 8.18. The highest BCUT2D eigenvalue weighted by Crippen LogP contribution is 2.31. The molecule has 0 bridgehead atoms. The molecule has 0 amide bonds. The molecule has 0 saturated carbocycles. The molecule has 0 heterocycles. The van der Waals surface area contributed by atoms with E-state index in [1.165, 1.54) is 0 Å². The van der Waals surface area contributed by atoms with Crippen LogP contribution >= 0.6 is 0 Å². The molecule has 0 aliphatic rings. The molecular formula is C20H22O3. The minimum atomic E-state index is -0.940. The molecular weight excluding hydrogens is 288 g/mol. The lowest BCUT2D eigenvalue weighted by molar-refractivity contribution is -0.132. The number of hydrogen-bond acceptors (Lipinski definition) is 2. The van der Waals surface area contributed by atoms with Crippen LogP contribution < -0.4 is 4.74 Å². The van der Waals surface area contributed by atoms with Crippen LogP contribution in [0, 0.1) is 0 Å². The maximum Gasteiger partial charge on any atom is 0.330 e. The summed E-state index contributed by atoms with van der Waals surface area (Å²) in [5, 5.41) is 8.91. The Morgan fingerprint density at radius 2 is 1.78 bits per heavy atom. The van der Waals surface area contributed by atoms with Crippen molar-refractivity contribution in [2.24, 2.45) is 0 Å². The Morgan fingerprint density at radius 3 is 2.43 bits per heavy atom. The molecule has 0 spiro atoms. The number of hydrogen-bond donors (Lipinski definition) is 1. The van der Waals surface area contributed by atoms with Crippen molar-refractivity contribution in [1.29, 1.82) is 0 Å². The van der Waals surface area contributed by atoms with Gasteiger partial charge in [0, 0.05) is 11.1 Å². The van der Waals surface area contributed by atoms with E-state index in [-0.39, 0.29) is 11.7 Å². The van der Waals surface area contributed by atoms with Crippen molar-refractivity contribution < 1.29 is 14.6 Å². The zero-order valence-electron chi connectivity index (χ0n) is 13.4. The van der Waals surface area contributed by atoms with Gasteiger partial charge in [-0.2, -0.15) is 0 Å². The number of carboxylic acid groups (broad SMARTS) is 1. The number of para-hydroxylation sites is 1. The summed E-state index contributed by atoms with van der Waals surface area (Å²) in [6.07, 6.45) is 1.86. The molecule has 1 N–H and O–H groups in total. The van der Waals surface area contributed by atoms with Gasteiger partial charge in [0.15, 0.2) is 0 Å². The highest BCUT2D eigenvalue weighted by Gasteiger charge is 2.14. The first-order valence-electron chi connectivity index (χ1n) is 7.84. The topological polar surface area (TPSA) is 46.5 Å². The normalized spacial score (nSPS) is 11.7. The summed E-state index contributed by atoms with van der Waals surface area (Å²) in [6, 6.07) is 18.0. The molecule has 3 nitrogen and oxygen atoms in total. The van der Waals surface area contributed by atoms with Crippen LogP contribution in [0.2, 0.25) is 0 Å². The molecule has 23 heavy (non-hydrogen) atoms. The molecule has 0 radical (unpaired) electrons. The van der Waals surface area contributed by atoms with Crippen LogP contribution in [0.25, 0.3) is 11.1 Å². The van der Waals surface area contributed by atoms with E-state index in [1.807, 2.05) is 49.4 Å². The quantitative estimate of drug-likeness (QED) is 0.703. The van der Waals surface area contributed by atoms with Gasteiger partial charge in [0.1, 0.15) is 5.75 Å². The minimum Gasteiger partial charge on any atom is -0.490 e. The van der Waals surface area contributed by atoms with Crippen molar-refractivity contribution in [2.75, 3.05) is 0 Å². The zero-order valence-corrected chi connectivity index (χ0v) is 13.4. The molecule has 3 heteroatoms. The fraction of sp³-hybridized carbons (Fsp3) is 0.250. The van der Waals surface area contributed by atoms with Crippen LogP contribution in [0.5, 0.6) is 5.75 Å². The van der Waals surface area contributed by atoms with Gasteiger partial charge in [0.25, 0.3) is 0 Å². The predicted molar refractivity (Wildman–Crippen MR) is 92.6 cm³/mol. The van der Waals surface area contributed by atoms with E-state index in [0.29, 0.717) is 12.8 Å². The summed E-state index contributed by atoms with van der Waals surface area (Å²) in [5.41, 5.74) is 2.37. The van der Waals surface area contributed by atoms with E-state index < -0.39 is 5.97 Å². The van der Waals surface area contributed by atoms with E-state index in [0.717, 1.165) is 23.3 Å². The Labute approximate surface area is 137 Å². The summed E-state index contributed by atoms with van der Waals surface area (Å²) in [7, 11) is 0. The van der Waals surface area contributed by atoms with E-state index >= 15 is 0 Å². The largest absolute Gasteiger partial charge is 0.490 e. The van der Waals surface area contributed by atoms with Crippen molar-refractivity contribution in [3.8, 4) is 16.9 Å². The number of carboxylic acids is 1. The molecule has 2 aromatic carbocycles. The molecule has 0 saturated heterocycles. The molecule has 120 valence electrons. The van der Waals surface area contributed by atoms with Crippen molar-refractivity contribution >= 4 is 5.97 Å². The Kier molecular flexibility index (Phi) is 5.98. The van der Waals surface area contributed by atoms with Gasteiger partial charge in [-0.05, 0) is 30.9 Å². The van der Waals surface area contributed by atoms with E-state index in [9.17, 15) is 4.79 Å². The Hall–Kier alpha value is -2.55. The zero-order chi connectivity index (χ0) is 16.7. The first-order valence-corrected chi connectivity index (χ1v) is 7.84. The van der Waals surface area contributed by atoms with Crippen LogP contribution in [0.15, 0.2) is 66.7 Å². The lowest BCUT2D eigenvalue weighted by Crippen LogP contribution is -2.16. The summed E-state index contributed by atoms with van der Waals surface area (Å²) in [4.78, 5) is 10.9. The van der Waals surface area contributed by atoms with Gasteiger partial charge in [-0.1, -0.05) is 62.0 Å². The van der Waals surface area contributed by atoms with E-state index in [4.69, 9.17) is 9.84 Å². The molecule has 2 rings (SSSR count). The number of ether oxygens (including phenoxy) is 1. The molecule has 1 atom stereocenters. The molecule has 0 aromatic heterocycles. The van der Waals surface area contributed by atoms with Gasteiger partial charge in [0.2, 0.25) is 0 Å². The van der Waals surface area contributed by atoms with Crippen LogP contribution in [-0.4, -0.2) is 17.2 Å². The average molecular weight is 310 g/mol. The first kappa shape index (κ1) is 16.8. The van der Waals surface area contributed by atoms with E-state index in [1.54, 1.807) is 0 Å². The third-order valence-electron chi connectivity index (χ3n) is 3.79. The highest BCUT2D eigenvalue weighted by molar-refractivity contribution is 5.85.